The molecule has 1 aliphatic rings. The molecule has 0 aromatic heterocycles. The number of ether oxygens (including phenoxy) is 1. The number of carbonyl (C=O) groups excluding carboxylic acids is 2. The van der Waals surface area contributed by atoms with Gasteiger partial charge >= 0.3 is 6.09 Å². The molecule has 28 heavy (non-hydrogen) atoms. The topological polar surface area (TPSA) is 86.3 Å². The van der Waals surface area contributed by atoms with Crippen LogP contribution in [-0.2, 0) is 9.53 Å². The average Bonchev–Trinajstić information content (AvgIpc) is 3.04. The van der Waals surface area contributed by atoms with Crippen LogP contribution >= 0.6 is 24.0 Å². The number of nitrogens with one attached hydrogen (secondary N) is 2. The molecule has 2 unspecified atom stereocenters. The number of aliphatic imine (C=N–C) groups is 1. The number of amides is 2. The molecule has 1 saturated heterocycles. The maximum atomic E-state index is 12.0. The summed E-state index contributed by atoms with van der Waals surface area (Å²) < 4.78 is 5.37. The standard InChI is InChI=1S/C19H37N5O3.HI/c1-8-16(25)24-10-9-15(13-24)22-17(20-6)21-11-14(2)12-23(7)18(26)27-19(3,4)5;/h14-15H,8-13H2,1-7H3,(H2,20,21,22);1H. The van der Waals surface area contributed by atoms with Crippen molar-refractivity contribution in [2.24, 2.45) is 10.9 Å². The maximum Gasteiger partial charge on any atom is 0.410 e. The molecule has 0 aromatic rings. The van der Waals surface area contributed by atoms with E-state index in [0.717, 1.165) is 18.9 Å². The summed E-state index contributed by atoms with van der Waals surface area (Å²) in [7, 11) is 3.48. The number of halogens is 1. The second-order valence-electron chi connectivity index (χ2n) is 8.24. The molecule has 2 atom stereocenters. The first-order valence-electron chi connectivity index (χ1n) is 9.74. The zero-order valence-corrected chi connectivity index (χ0v) is 20.7. The Morgan fingerprint density at radius 1 is 1.36 bits per heavy atom. The molecule has 164 valence electrons. The number of likely N-dealkylation sites (tertiary alicyclic amines) is 1. The van der Waals surface area contributed by atoms with Gasteiger partial charge in [0.25, 0.3) is 0 Å². The van der Waals surface area contributed by atoms with Crippen molar-refractivity contribution in [3.63, 3.8) is 0 Å². The van der Waals surface area contributed by atoms with Gasteiger partial charge in [-0.2, -0.15) is 0 Å². The van der Waals surface area contributed by atoms with Crippen molar-refractivity contribution in [3.8, 4) is 0 Å². The molecule has 8 nitrogen and oxygen atoms in total. The quantitative estimate of drug-likeness (QED) is 0.325. The monoisotopic (exact) mass is 511 g/mol. The molecular weight excluding hydrogens is 473 g/mol. The van der Waals surface area contributed by atoms with E-state index < -0.39 is 5.60 Å². The molecule has 1 rings (SSSR count). The first-order chi connectivity index (χ1) is 12.6. The van der Waals surface area contributed by atoms with Crippen LogP contribution in [0, 0.1) is 5.92 Å². The van der Waals surface area contributed by atoms with Crippen molar-refractivity contribution in [2.75, 3.05) is 40.3 Å². The zero-order chi connectivity index (χ0) is 20.6. The molecule has 2 N–H and O–H groups in total. The second-order valence-corrected chi connectivity index (χ2v) is 8.24. The third kappa shape index (κ3) is 9.79. The number of guanidine groups is 1. The SMILES string of the molecule is CCC(=O)N1CCC(NC(=NC)NCC(C)CN(C)C(=O)OC(C)(C)C)C1.I. The Morgan fingerprint density at radius 2 is 2.00 bits per heavy atom. The number of rotatable bonds is 6. The Hall–Kier alpha value is -1.26. The molecule has 2 amide bonds. The first kappa shape index (κ1) is 26.7. The summed E-state index contributed by atoms with van der Waals surface area (Å²) in [6.45, 7) is 12.3. The molecule has 9 heteroatoms. The largest absolute Gasteiger partial charge is 0.444 e. The lowest BCUT2D eigenvalue weighted by atomic mass is 10.1. The van der Waals surface area contributed by atoms with Crippen LogP contribution in [0.15, 0.2) is 4.99 Å². The highest BCUT2D eigenvalue weighted by Gasteiger charge is 2.26. The van der Waals surface area contributed by atoms with E-state index in [-0.39, 0.29) is 47.9 Å². The van der Waals surface area contributed by atoms with Crippen LogP contribution in [0.2, 0.25) is 0 Å². The van der Waals surface area contributed by atoms with Gasteiger partial charge in [-0.3, -0.25) is 9.79 Å². The van der Waals surface area contributed by atoms with Crippen LogP contribution in [0.1, 0.15) is 47.5 Å². The Labute approximate surface area is 186 Å². The van der Waals surface area contributed by atoms with Crippen molar-refractivity contribution in [1.82, 2.24) is 20.4 Å². The summed E-state index contributed by atoms with van der Waals surface area (Å²) in [4.78, 5) is 31.6. The molecule has 1 fully saturated rings. The van der Waals surface area contributed by atoms with E-state index in [2.05, 4.69) is 22.5 Å². The predicted molar refractivity (Wildman–Crippen MR) is 123 cm³/mol. The molecule has 0 bridgehead atoms. The highest BCUT2D eigenvalue weighted by Crippen LogP contribution is 2.11. The fraction of sp³-hybridized carbons (Fsp3) is 0.842. The lowest BCUT2D eigenvalue weighted by Gasteiger charge is -2.27. The van der Waals surface area contributed by atoms with E-state index in [1.54, 1.807) is 19.0 Å². The Kier molecular flexibility index (Phi) is 11.8. The van der Waals surface area contributed by atoms with Gasteiger partial charge in [-0.15, -0.1) is 24.0 Å². The van der Waals surface area contributed by atoms with Gasteiger partial charge in [0.05, 0.1) is 0 Å². The van der Waals surface area contributed by atoms with Crippen molar-refractivity contribution >= 4 is 41.9 Å². The normalized spacial score (nSPS) is 18.2. The van der Waals surface area contributed by atoms with Crippen molar-refractivity contribution in [2.45, 2.75) is 59.1 Å². The van der Waals surface area contributed by atoms with Gasteiger partial charge < -0.3 is 25.2 Å². The minimum absolute atomic E-state index is 0. The van der Waals surface area contributed by atoms with E-state index in [4.69, 9.17) is 4.74 Å². The number of nitrogens with zero attached hydrogens (tertiary/aromatic N) is 3. The van der Waals surface area contributed by atoms with Crippen molar-refractivity contribution < 1.29 is 14.3 Å². The fourth-order valence-electron chi connectivity index (χ4n) is 2.93. The Morgan fingerprint density at radius 3 is 2.54 bits per heavy atom. The highest BCUT2D eigenvalue weighted by molar-refractivity contribution is 14.0. The van der Waals surface area contributed by atoms with E-state index in [1.165, 1.54) is 0 Å². The summed E-state index contributed by atoms with van der Waals surface area (Å²) in [5, 5.41) is 6.68. The number of hydrogen-bond donors (Lipinski definition) is 2. The zero-order valence-electron chi connectivity index (χ0n) is 18.4. The van der Waals surface area contributed by atoms with E-state index >= 15 is 0 Å². The van der Waals surface area contributed by atoms with Gasteiger partial charge in [0.1, 0.15) is 5.60 Å². The van der Waals surface area contributed by atoms with Crippen molar-refractivity contribution in [3.05, 3.63) is 0 Å². The van der Waals surface area contributed by atoms with Crippen LogP contribution in [-0.4, -0.2) is 79.7 Å². The Balaban J connectivity index is 0.00000729. The van der Waals surface area contributed by atoms with Crippen LogP contribution in [0.3, 0.4) is 0 Å². The van der Waals surface area contributed by atoms with Crippen LogP contribution in [0.5, 0.6) is 0 Å². The third-order valence-electron chi connectivity index (χ3n) is 4.32. The summed E-state index contributed by atoms with van der Waals surface area (Å²) >= 11 is 0. The summed E-state index contributed by atoms with van der Waals surface area (Å²) in [6, 6.07) is 0.214. The van der Waals surface area contributed by atoms with Crippen LogP contribution in [0.4, 0.5) is 4.79 Å². The molecule has 1 aliphatic heterocycles. The minimum atomic E-state index is -0.493. The molecule has 0 aromatic carbocycles. The predicted octanol–water partition coefficient (Wildman–Crippen LogP) is 2.28. The van der Waals surface area contributed by atoms with E-state index in [9.17, 15) is 9.59 Å². The van der Waals surface area contributed by atoms with Crippen LogP contribution in [0.25, 0.3) is 0 Å². The van der Waals surface area contributed by atoms with Gasteiger partial charge in [0.15, 0.2) is 5.96 Å². The molecule has 1 heterocycles. The van der Waals surface area contributed by atoms with E-state index in [1.807, 2.05) is 32.6 Å². The van der Waals surface area contributed by atoms with Gasteiger partial charge in [-0.1, -0.05) is 13.8 Å². The third-order valence-corrected chi connectivity index (χ3v) is 4.32. The summed E-state index contributed by atoms with van der Waals surface area (Å²) in [5.41, 5.74) is -0.493. The number of carbonyl (C=O) groups is 2. The summed E-state index contributed by atoms with van der Waals surface area (Å²) in [6.07, 6.45) is 1.15. The molecule has 0 aliphatic carbocycles. The van der Waals surface area contributed by atoms with Crippen LogP contribution < -0.4 is 10.6 Å². The first-order valence-corrected chi connectivity index (χ1v) is 9.74. The highest BCUT2D eigenvalue weighted by atomic mass is 127. The van der Waals surface area contributed by atoms with E-state index in [0.29, 0.717) is 26.1 Å². The number of hydrogen-bond acceptors (Lipinski definition) is 4. The average molecular weight is 511 g/mol. The molecule has 0 spiro atoms. The molecule has 0 saturated carbocycles. The minimum Gasteiger partial charge on any atom is -0.444 e. The lowest BCUT2D eigenvalue weighted by molar-refractivity contribution is -0.129. The second kappa shape index (κ2) is 12.3. The lowest BCUT2D eigenvalue weighted by Crippen LogP contribution is -2.47. The Bertz CT molecular complexity index is 536. The van der Waals surface area contributed by atoms with Gasteiger partial charge in [0.2, 0.25) is 5.91 Å². The summed E-state index contributed by atoms with van der Waals surface area (Å²) in [5.74, 6) is 1.14. The molecule has 0 radical (unpaired) electrons. The fourth-order valence-corrected chi connectivity index (χ4v) is 2.93. The maximum absolute atomic E-state index is 12.0. The van der Waals surface area contributed by atoms with Gasteiger partial charge in [-0.25, -0.2) is 4.79 Å². The smallest absolute Gasteiger partial charge is 0.410 e. The van der Waals surface area contributed by atoms with Gasteiger partial charge in [-0.05, 0) is 33.1 Å². The van der Waals surface area contributed by atoms with Crippen molar-refractivity contribution in [1.29, 1.82) is 0 Å². The van der Waals surface area contributed by atoms with Gasteiger partial charge in [0, 0.05) is 52.7 Å². The molecular formula is C19H38IN5O3.